The van der Waals surface area contributed by atoms with Crippen LogP contribution in [-0.4, -0.2) is 21.1 Å². The van der Waals surface area contributed by atoms with Crippen LogP contribution in [0.2, 0.25) is 0 Å². The maximum absolute atomic E-state index is 11.7. The van der Waals surface area contributed by atoms with Gasteiger partial charge in [0, 0.05) is 13.2 Å². The van der Waals surface area contributed by atoms with Gasteiger partial charge in [-0.2, -0.15) is 0 Å². The highest BCUT2D eigenvalue weighted by molar-refractivity contribution is 7.12. The van der Waals surface area contributed by atoms with Gasteiger partial charge in [-0.1, -0.05) is 6.07 Å². The number of carbonyl (C=O) groups excluding carboxylic acids is 2. The number of imidazole rings is 1. The van der Waals surface area contributed by atoms with E-state index in [2.05, 4.69) is 4.98 Å². The first-order valence-corrected chi connectivity index (χ1v) is 5.62. The highest BCUT2D eigenvalue weighted by atomic mass is 32.1. The summed E-state index contributed by atoms with van der Waals surface area (Å²) < 4.78 is 1.68. The van der Waals surface area contributed by atoms with Crippen molar-refractivity contribution < 1.29 is 9.59 Å². The molecule has 0 aliphatic carbocycles. The molecule has 0 N–H and O–H groups in total. The molecule has 0 aromatic carbocycles. The van der Waals surface area contributed by atoms with Crippen LogP contribution in [0.25, 0.3) is 0 Å². The number of thiophene rings is 1. The number of rotatable bonds is 4. The molecule has 0 spiro atoms. The maximum atomic E-state index is 11.7. The van der Waals surface area contributed by atoms with Crippen molar-refractivity contribution in [3.63, 3.8) is 0 Å². The molecule has 0 saturated carbocycles. The highest BCUT2D eigenvalue weighted by Gasteiger charge is 2.15. The zero-order valence-electron chi connectivity index (χ0n) is 8.71. The van der Waals surface area contributed by atoms with Crippen LogP contribution in [0.3, 0.4) is 0 Å². The van der Waals surface area contributed by atoms with Gasteiger partial charge < -0.3 is 4.57 Å². The summed E-state index contributed by atoms with van der Waals surface area (Å²) in [5, 5.41) is 1.82. The Morgan fingerprint density at radius 3 is 2.81 bits per heavy atom. The van der Waals surface area contributed by atoms with Crippen LogP contribution in [0.4, 0.5) is 0 Å². The summed E-state index contributed by atoms with van der Waals surface area (Å²) in [5.41, 5.74) is 0.340. The molecular weight excluding hydrogens is 224 g/mol. The number of carbonyl (C=O) groups is 2. The van der Waals surface area contributed by atoms with Gasteiger partial charge in [0.1, 0.15) is 5.69 Å². The van der Waals surface area contributed by atoms with E-state index in [-0.39, 0.29) is 18.0 Å². The molecule has 5 heteroatoms. The molecule has 0 atom stereocenters. The average molecular weight is 234 g/mol. The first kappa shape index (κ1) is 10.8. The van der Waals surface area contributed by atoms with Crippen LogP contribution < -0.4 is 0 Å². The molecule has 2 rings (SSSR count). The SMILES string of the molecule is Cn1cnc(C(=O)CC(=O)c2cccs2)c1. The predicted molar refractivity (Wildman–Crippen MR) is 60.8 cm³/mol. The van der Waals surface area contributed by atoms with Crippen LogP contribution in [-0.2, 0) is 7.05 Å². The maximum Gasteiger partial charge on any atom is 0.190 e. The third-order valence-corrected chi connectivity index (χ3v) is 3.02. The van der Waals surface area contributed by atoms with E-state index in [1.165, 1.54) is 11.3 Å². The van der Waals surface area contributed by atoms with Gasteiger partial charge in [-0.25, -0.2) is 4.98 Å². The van der Waals surface area contributed by atoms with Gasteiger partial charge in [-0.05, 0) is 11.4 Å². The number of ketones is 2. The van der Waals surface area contributed by atoms with Crippen molar-refractivity contribution in [3.05, 3.63) is 40.6 Å². The Kier molecular flexibility index (Phi) is 2.96. The molecule has 2 aromatic rings. The van der Waals surface area contributed by atoms with Crippen molar-refractivity contribution >= 4 is 22.9 Å². The van der Waals surface area contributed by atoms with E-state index in [9.17, 15) is 9.59 Å². The molecule has 0 radical (unpaired) electrons. The van der Waals surface area contributed by atoms with Gasteiger partial charge in [0.05, 0.1) is 17.6 Å². The van der Waals surface area contributed by atoms with Gasteiger partial charge in [-0.15, -0.1) is 11.3 Å². The van der Waals surface area contributed by atoms with Crippen LogP contribution in [0.5, 0.6) is 0 Å². The fourth-order valence-electron chi connectivity index (χ4n) is 1.32. The largest absolute Gasteiger partial charge is 0.340 e. The summed E-state index contributed by atoms with van der Waals surface area (Å²) in [5.74, 6) is -0.385. The zero-order valence-corrected chi connectivity index (χ0v) is 9.53. The smallest absolute Gasteiger partial charge is 0.190 e. The molecular formula is C11H10N2O2S. The minimum absolute atomic E-state index is 0.114. The van der Waals surface area contributed by atoms with Crippen molar-refractivity contribution in [1.82, 2.24) is 9.55 Å². The Balaban J connectivity index is 2.06. The fourth-order valence-corrected chi connectivity index (χ4v) is 1.98. The summed E-state index contributed by atoms with van der Waals surface area (Å²) in [6.07, 6.45) is 3.05. The minimum atomic E-state index is -0.237. The molecule has 82 valence electrons. The lowest BCUT2D eigenvalue weighted by molar-refractivity contribution is 0.0894. The van der Waals surface area contributed by atoms with Crippen LogP contribution in [0, 0.1) is 0 Å². The van der Waals surface area contributed by atoms with E-state index in [1.54, 1.807) is 36.3 Å². The molecule has 0 saturated heterocycles. The zero-order chi connectivity index (χ0) is 11.5. The van der Waals surface area contributed by atoms with E-state index >= 15 is 0 Å². The summed E-state index contributed by atoms with van der Waals surface area (Å²) in [6.45, 7) is 0. The predicted octanol–water partition coefficient (Wildman–Crippen LogP) is 1.94. The van der Waals surface area contributed by atoms with E-state index in [0.717, 1.165) is 0 Å². The van der Waals surface area contributed by atoms with Crippen LogP contribution in [0.15, 0.2) is 30.0 Å². The summed E-state index contributed by atoms with van der Waals surface area (Å²) in [4.78, 5) is 27.9. The van der Waals surface area contributed by atoms with Crippen LogP contribution in [0.1, 0.15) is 26.6 Å². The Bertz CT molecular complexity index is 514. The summed E-state index contributed by atoms with van der Waals surface area (Å²) in [7, 11) is 1.78. The monoisotopic (exact) mass is 234 g/mol. The molecule has 4 nitrogen and oxygen atoms in total. The molecule has 0 amide bonds. The Morgan fingerprint density at radius 2 is 2.25 bits per heavy atom. The number of hydrogen-bond donors (Lipinski definition) is 0. The van der Waals surface area contributed by atoms with Gasteiger partial charge in [0.2, 0.25) is 0 Å². The third kappa shape index (κ3) is 2.25. The fraction of sp³-hybridized carbons (Fsp3) is 0.182. The van der Waals surface area contributed by atoms with Crippen LogP contribution >= 0.6 is 11.3 Å². The van der Waals surface area contributed by atoms with E-state index in [4.69, 9.17) is 0 Å². The Labute approximate surface area is 96.6 Å². The van der Waals surface area contributed by atoms with E-state index < -0.39 is 0 Å². The number of aryl methyl sites for hydroxylation is 1. The molecule has 0 bridgehead atoms. The molecule has 2 aromatic heterocycles. The van der Waals surface area contributed by atoms with Crippen molar-refractivity contribution in [2.45, 2.75) is 6.42 Å². The van der Waals surface area contributed by atoms with Gasteiger partial charge in [-0.3, -0.25) is 9.59 Å². The average Bonchev–Trinajstić information content (AvgIpc) is 2.87. The van der Waals surface area contributed by atoms with Gasteiger partial charge in [0.25, 0.3) is 0 Å². The van der Waals surface area contributed by atoms with Gasteiger partial charge in [0.15, 0.2) is 11.6 Å². The lowest BCUT2D eigenvalue weighted by Crippen LogP contribution is -2.07. The second kappa shape index (κ2) is 4.40. The summed E-state index contributed by atoms with van der Waals surface area (Å²) >= 11 is 1.35. The first-order chi connectivity index (χ1) is 7.66. The molecule has 0 aliphatic heterocycles. The molecule has 0 unspecified atom stereocenters. The van der Waals surface area contributed by atoms with Gasteiger partial charge >= 0.3 is 0 Å². The lowest BCUT2D eigenvalue weighted by atomic mass is 10.1. The Hall–Kier alpha value is -1.75. The molecule has 0 fully saturated rings. The van der Waals surface area contributed by atoms with Crippen molar-refractivity contribution in [3.8, 4) is 0 Å². The van der Waals surface area contributed by atoms with E-state index in [0.29, 0.717) is 10.6 Å². The second-order valence-electron chi connectivity index (χ2n) is 3.42. The topological polar surface area (TPSA) is 52.0 Å². The quantitative estimate of drug-likeness (QED) is 0.600. The second-order valence-corrected chi connectivity index (χ2v) is 4.37. The third-order valence-electron chi connectivity index (χ3n) is 2.11. The lowest BCUT2D eigenvalue weighted by Gasteiger charge is -1.94. The minimum Gasteiger partial charge on any atom is -0.340 e. The highest BCUT2D eigenvalue weighted by Crippen LogP contribution is 2.12. The number of nitrogens with zero attached hydrogens (tertiary/aromatic N) is 2. The molecule has 0 aliphatic rings. The van der Waals surface area contributed by atoms with E-state index in [1.807, 2.05) is 5.38 Å². The normalized spacial score (nSPS) is 10.3. The van der Waals surface area contributed by atoms with Crippen molar-refractivity contribution in [2.24, 2.45) is 7.05 Å². The standard InChI is InChI=1S/C11H10N2O2S/c1-13-6-8(12-7-13)9(14)5-10(15)11-3-2-4-16-11/h2-4,6-7H,5H2,1H3. The van der Waals surface area contributed by atoms with Crippen molar-refractivity contribution in [2.75, 3.05) is 0 Å². The molecule has 16 heavy (non-hydrogen) atoms. The number of Topliss-reactive ketones (excluding diaryl/α,β-unsaturated/α-hetero) is 2. The molecule has 2 heterocycles. The van der Waals surface area contributed by atoms with Crippen molar-refractivity contribution in [1.29, 1.82) is 0 Å². The number of hydrogen-bond acceptors (Lipinski definition) is 4. The summed E-state index contributed by atoms with van der Waals surface area (Å²) in [6, 6.07) is 3.52. The first-order valence-electron chi connectivity index (χ1n) is 4.74. The number of aromatic nitrogens is 2. The Morgan fingerprint density at radius 1 is 1.44 bits per heavy atom.